The molecule has 0 radical (unpaired) electrons. The van der Waals surface area contributed by atoms with E-state index in [1.807, 2.05) is 72.8 Å². The first-order valence-corrected chi connectivity index (χ1v) is 18.2. The Morgan fingerprint density at radius 3 is 0.860 bits per heavy atom. The van der Waals surface area contributed by atoms with Crippen LogP contribution in [0.1, 0.15) is 0 Å². The number of rotatable bonds is 9. The van der Waals surface area contributed by atoms with Gasteiger partial charge < -0.3 is 0 Å². The smallest absolute Gasteiger partial charge is 0.166 e. The molecule has 4 aromatic heterocycles. The molecule has 10 rings (SSSR count). The molecule has 4 heterocycles. The second kappa shape index (κ2) is 14.5. The van der Waals surface area contributed by atoms with Crippen LogP contribution in [-0.2, 0) is 0 Å². The predicted molar refractivity (Wildman–Crippen MR) is 217 cm³/mol. The maximum absolute atomic E-state index is 5.30. The minimum atomic E-state index is 0.433. The molecule has 6 aromatic carbocycles. The van der Waals surface area contributed by atoms with Crippen molar-refractivity contribution in [1.29, 1.82) is 0 Å². The molecule has 0 aliphatic rings. The third-order valence-corrected chi connectivity index (χ3v) is 9.67. The molecule has 0 aliphatic heterocycles. The van der Waals surface area contributed by atoms with Gasteiger partial charge in [-0.3, -0.25) is 0 Å². The Balaban J connectivity index is 1.28. The van der Waals surface area contributed by atoms with Gasteiger partial charge in [0.15, 0.2) is 17.5 Å². The average molecular weight is 739 g/mol. The van der Waals surface area contributed by atoms with Gasteiger partial charge >= 0.3 is 0 Å². The van der Waals surface area contributed by atoms with Gasteiger partial charge in [-0.05, 0) is 69.8 Å². The van der Waals surface area contributed by atoms with E-state index in [0.717, 1.165) is 67.1 Å². The second-order valence-electron chi connectivity index (χ2n) is 13.1. The minimum Gasteiger partial charge on any atom is -0.223 e. The Hall–Kier alpha value is -8.25. The van der Waals surface area contributed by atoms with E-state index in [0.29, 0.717) is 17.5 Å². The summed E-state index contributed by atoms with van der Waals surface area (Å²) in [6, 6.07) is 49.2. The molecule has 0 bridgehead atoms. The Morgan fingerprint density at radius 2 is 0.596 bits per heavy atom. The average Bonchev–Trinajstić information content (AvgIpc) is 4.13. The first kappa shape index (κ1) is 33.3. The summed E-state index contributed by atoms with van der Waals surface area (Å²) in [6.45, 7) is 0. The number of benzene rings is 6. The van der Waals surface area contributed by atoms with Gasteiger partial charge in [-0.2, -0.15) is 15.3 Å². The zero-order valence-corrected chi connectivity index (χ0v) is 30.2. The van der Waals surface area contributed by atoms with Crippen LogP contribution in [0.5, 0.6) is 0 Å². The van der Waals surface area contributed by atoms with Gasteiger partial charge in [0, 0.05) is 16.7 Å². The normalized spacial score (nSPS) is 11.2. The van der Waals surface area contributed by atoms with Crippen molar-refractivity contribution in [3.8, 4) is 84.6 Å². The highest BCUT2D eigenvalue weighted by atomic mass is 15.3. The maximum Gasteiger partial charge on any atom is 0.166 e. The molecular formula is C45H30N12. The fourth-order valence-electron chi connectivity index (χ4n) is 6.91. The van der Waals surface area contributed by atoms with Crippen molar-refractivity contribution in [2.75, 3.05) is 0 Å². The monoisotopic (exact) mass is 738 g/mol. The summed E-state index contributed by atoms with van der Waals surface area (Å²) < 4.78 is 5.17. The number of hydrogen-bond donors (Lipinski definition) is 0. The summed E-state index contributed by atoms with van der Waals surface area (Å²) in [5.41, 5.74) is 10.5. The summed E-state index contributed by atoms with van der Waals surface area (Å²) >= 11 is 0. The van der Waals surface area contributed by atoms with Crippen molar-refractivity contribution < 1.29 is 0 Å². The standard InChI is InChI=1S/C45H30N12/c1-4-10-31(11-5-1)34-16-19-40(55-28-46-25-49-55)37(22-34)43-52-44(38-23-35(32-12-6-2-7-13-32)17-20-41(38)56-29-47-26-50-56)54-45(53-43)39-24-36(33-14-8-3-9-15-33)18-21-42(39)57-30-48-27-51-57/h1-30H. The van der Waals surface area contributed by atoms with Crippen molar-refractivity contribution in [3.05, 3.63) is 184 Å². The molecule has 0 N–H and O–H groups in total. The highest BCUT2D eigenvalue weighted by Gasteiger charge is 2.22. The number of hydrogen-bond acceptors (Lipinski definition) is 9. The van der Waals surface area contributed by atoms with Crippen molar-refractivity contribution in [1.82, 2.24) is 59.2 Å². The number of aromatic nitrogens is 12. The van der Waals surface area contributed by atoms with Crippen LogP contribution in [0.3, 0.4) is 0 Å². The Bertz CT molecular complexity index is 2600. The van der Waals surface area contributed by atoms with Crippen LogP contribution in [-0.4, -0.2) is 59.2 Å². The van der Waals surface area contributed by atoms with Gasteiger partial charge in [-0.25, -0.2) is 43.9 Å². The summed E-state index contributed by atoms with van der Waals surface area (Å²) in [6.07, 6.45) is 9.54. The Labute approximate surface area is 326 Å². The van der Waals surface area contributed by atoms with Crippen molar-refractivity contribution in [2.24, 2.45) is 0 Å². The minimum absolute atomic E-state index is 0.433. The topological polar surface area (TPSA) is 131 Å². The molecule has 10 aromatic rings. The van der Waals surface area contributed by atoms with Crippen molar-refractivity contribution >= 4 is 0 Å². The van der Waals surface area contributed by atoms with Gasteiger partial charge in [0.1, 0.15) is 38.0 Å². The molecule has 270 valence electrons. The predicted octanol–water partition coefficient (Wildman–Crippen LogP) is 8.62. The lowest BCUT2D eigenvalue weighted by molar-refractivity contribution is 0.872. The molecule has 57 heavy (non-hydrogen) atoms. The molecule has 0 saturated heterocycles. The lowest BCUT2D eigenvalue weighted by Crippen LogP contribution is -2.07. The van der Waals surface area contributed by atoms with E-state index in [2.05, 4.69) is 103 Å². The molecule has 0 fully saturated rings. The Morgan fingerprint density at radius 1 is 0.298 bits per heavy atom. The third kappa shape index (κ3) is 6.53. The van der Waals surface area contributed by atoms with Crippen molar-refractivity contribution in [2.45, 2.75) is 0 Å². The zero-order chi connectivity index (χ0) is 38.0. The van der Waals surface area contributed by atoms with Crippen LogP contribution >= 0.6 is 0 Å². The molecule has 12 heteroatoms. The Kier molecular flexibility index (Phi) is 8.50. The van der Waals surface area contributed by atoms with Crippen LogP contribution in [0.15, 0.2) is 184 Å². The summed E-state index contributed by atoms with van der Waals surface area (Å²) in [5, 5.41) is 13.6. The molecule has 0 spiro atoms. The lowest BCUT2D eigenvalue weighted by atomic mass is 9.99. The van der Waals surface area contributed by atoms with Gasteiger partial charge in [0.05, 0.1) is 17.1 Å². The van der Waals surface area contributed by atoms with Gasteiger partial charge in [-0.15, -0.1) is 0 Å². The molecule has 12 nitrogen and oxygen atoms in total. The lowest BCUT2D eigenvalue weighted by Gasteiger charge is -2.17. The molecule has 0 saturated carbocycles. The van der Waals surface area contributed by atoms with E-state index in [-0.39, 0.29) is 0 Å². The summed E-state index contributed by atoms with van der Waals surface area (Å²) in [4.78, 5) is 28.7. The third-order valence-electron chi connectivity index (χ3n) is 9.67. The van der Waals surface area contributed by atoms with Crippen LogP contribution < -0.4 is 0 Å². The molecule has 0 aliphatic carbocycles. The summed E-state index contributed by atoms with van der Waals surface area (Å²) in [5.74, 6) is 1.30. The van der Waals surface area contributed by atoms with Crippen molar-refractivity contribution in [3.63, 3.8) is 0 Å². The van der Waals surface area contributed by atoms with E-state index in [1.165, 1.54) is 19.0 Å². The fraction of sp³-hybridized carbons (Fsp3) is 0. The van der Waals surface area contributed by atoms with Gasteiger partial charge in [0.2, 0.25) is 0 Å². The molecule has 0 amide bonds. The van der Waals surface area contributed by atoms with Crippen LogP contribution in [0.25, 0.3) is 84.6 Å². The SMILES string of the molecule is c1ccc(-c2ccc(-n3cncn3)c(-c3nc(-c4cc(-c5ccccc5)ccc4-n4cncn4)nc(-c4cc(-c5ccccc5)ccc4-n4cncn4)n3)c2)cc1. The van der Waals surface area contributed by atoms with Crippen LogP contribution in [0, 0.1) is 0 Å². The second-order valence-corrected chi connectivity index (χ2v) is 13.1. The first-order chi connectivity index (χ1) is 28.2. The van der Waals surface area contributed by atoms with Gasteiger partial charge in [-0.1, -0.05) is 109 Å². The maximum atomic E-state index is 5.30. The zero-order valence-electron chi connectivity index (χ0n) is 30.2. The van der Waals surface area contributed by atoms with E-state index in [1.54, 1.807) is 33.0 Å². The van der Waals surface area contributed by atoms with Gasteiger partial charge in [0.25, 0.3) is 0 Å². The quantitative estimate of drug-likeness (QED) is 0.143. The largest absolute Gasteiger partial charge is 0.223 e. The molecule has 0 unspecified atom stereocenters. The van der Waals surface area contributed by atoms with E-state index >= 15 is 0 Å². The fourth-order valence-corrected chi connectivity index (χ4v) is 6.91. The number of nitrogens with zero attached hydrogens (tertiary/aromatic N) is 12. The molecular weight excluding hydrogens is 709 g/mol. The van der Waals surface area contributed by atoms with E-state index in [4.69, 9.17) is 15.0 Å². The highest BCUT2D eigenvalue weighted by Crippen LogP contribution is 2.37. The van der Waals surface area contributed by atoms with E-state index < -0.39 is 0 Å². The van der Waals surface area contributed by atoms with Crippen LogP contribution in [0.2, 0.25) is 0 Å². The highest BCUT2D eigenvalue weighted by molar-refractivity contribution is 5.83. The summed E-state index contributed by atoms with van der Waals surface area (Å²) in [7, 11) is 0. The van der Waals surface area contributed by atoms with Crippen LogP contribution in [0.4, 0.5) is 0 Å². The van der Waals surface area contributed by atoms with E-state index in [9.17, 15) is 0 Å². The molecule has 0 atom stereocenters. The first-order valence-electron chi connectivity index (χ1n) is 18.2.